The summed E-state index contributed by atoms with van der Waals surface area (Å²) in [5.74, 6) is 0.320. The third-order valence-corrected chi connectivity index (χ3v) is 4.51. The number of amides is 1. The summed E-state index contributed by atoms with van der Waals surface area (Å²) in [6, 6.07) is 18.4. The molecule has 7 heteroatoms. The first kappa shape index (κ1) is 20.5. The summed E-state index contributed by atoms with van der Waals surface area (Å²) in [5, 5.41) is 3.93. The van der Waals surface area contributed by atoms with Crippen molar-refractivity contribution in [2.24, 2.45) is 5.10 Å². The van der Waals surface area contributed by atoms with Gasteiger partial charge in [0.05, 0.1) is 13.3 Å². The van der Waals surface area contributed by atoms with E-state index < -0.39 is 11.7 Å². The minimum Gasteiger partial charge on any atom is -0.493 e. The third-order valence-electron chi connectivity index (χ3n) is 3.98. The van der Waals surface area contributed by atoms with Crippen molar-refractivity contribution < 1.29 is 18.7 Å². The number of hydrazone groups is 1. The van der Waals surface area contributed by atoms with Crippen LogP contribution in [0.4, 0.5) is 4.39 Å². The van der Waals surface area contributed by atoms with Crippen LogP contribution in [0.25, 0.3) is 0 Å². The number of nitrogens with one attached hydrogen (secondary N) is 1. The molecule has 1 amide bonds. The highest BCUT2D eigenvalue weighted by molar-refractivity contribution is 9.10. The highest BCUT2D eigenvalue weighted by Gasteiger charge is 2.07. The molecule has 0 spiro atoms. The van der Waals surface area contributed by atoms with Crippen molar-refractivity contribution in [3.63, 3.8) is 0 Å². The maximum atomic E-state index is 12.9. The lowest BCUT2D eigenvalue weighted by molar-refractivity contribution is 0.0955. The van der Waals surface area contributed by atoms with Crippen LogP contribution in [0.1, 0.15) is 21.5 Å². The Bertz CT molecular complexity index is 1010. The first-order valence-corrected chi connectivity index (χ1v) is 9.49. The number of ether oxygens (including phenoxy) is 2. The van der Waals surface area contributed by atoms with Gasteiger partial charge >= 0.3 is 0 Å². The van der Waals surface area contributed by atoms with Crippen molar-refractivity contribution >= 4 is 28.1 Å². The van der Waals surface area contributed by atoms with E-state index >= 15 is 0 Å². The highest BCUT2D eigenvalue weighted by Crippen LogP contribution is 2.28. The van der Waals surface area contributed by atoms with Crippen LogP contribution in [0.2, 0.25) is 0 Å². The summed E-state index contributed by atoms with van der Waals surface area (Å²) in [6.45, 7) is 0.408. The van der Waals surface area contributed by atoms with Gasteiger partial charge in [0.2, 0.25) is 0 Å². The van der Waals surface area contributed by atoms with E-state index in [-0.39, 0.29) is 0 Å². The van der Waals surface area contributed by atoms with Crippen molar-refractivity contribution in [2.75, 3.05) is 7.11 Å². The Kier molecular flexibility index (Phi) is 6.97. The van der Waals surface area contributed by atoms with Gasteiger partial charge in [0.25, 0.3) is 5.91 Å². The Morgan fingerprint density at radius 3 is 2.48 bits per heavy atom. The van der Waals surface area contributed by atoms with Gasteiger partial charge < -0.3 is 9.47 Å². The summed E-state index contributed by atoms with van der Waals surface area (Å²) in [5.41, 5.74) is 4.47. The molecule has 3 rings (SSSR count). The molecule has 0 fully saturated rings. The summed E-state index contributed by atoms with van der Waals surface area (Å²) in [6.07, 6.45) is 1.49. The SMILES string of the molecule is COc1cc(/C=N\NC(=O)c2ccc(F)cc2)ccc1OCc1ccc(Br)cc1. The maximum absolute atomic E-state index is 12.9. The Hall–Kier alpha value is -3.19. The van der Waals surface area contributed by atoms with Crippen LogP contribution in [0.15, 0.2) is 76.3 Å². The second-order valence-corrected chi connectivity index (χ2v) is 6.95. The molecule has 5 nitrogen and oxygen atoms in total. The number of halogens is 2. The molecule has 1 N–H and O–H groups in total. The van der Waals surface area contributed by atoms with E-state index in [1.54, 1.807) is 25.3 Å². The van der Waals surface area contributed by atoms with E-state index in [4.69, 9.17) is 9.47 Å². The Morgan fingerprint density at radius 1 is 1.07 bits per heavy atom. The van der Waals surface area contributed by atoms with E-state index in [1.165, 1.54) is 30.5 Å². The predicted molar refractivity (Wildman–Crippen MR) is 113 cm³/mol. The van der Waals surface area contributed by atoms with Crippen LogP contribution in [0, 0.1) is 5.82 Å². The van der Waals surface area contributed by atoms with Gasteiger partial charge in [-0.2, -0.15) is 5.10 Å². The highest BCUT2D eigenvalue weighted by atomic mass is 79.9. The normalized spacial score (nSPS) is 10.7. The largest absolute Gasteiger partial charge is 0.493 e. The van der Waals surface area contributed by atoms with Gasteiger partial charge in [-0.25, -0.2) is 9.82 Å². The summed E-state index contributed by atoms with van der Waals surface area (Å²) < 4.78 is 25.1. The number of methoxy groups -OCH3 is 1. The molecule has 3 aromatic rings. The average molecular weight is 457 g/mol. The summed E-state index contributed by atoms with van der Waals surface area (Å²) >= 11 is 3.40. The molecule has 0 aromatic heterocycles. The molecule has 0 aliphatic heterocycles. The Labute approximate surface area is 176 Å². The number of benzene rings is 3. The molecule has 0 atom stereocenters. The van der Waals surface area contributed by atoms with Gasteiger partial charge in [-0.1, -0.05) is 28.1 Å². The smallest absolute Gasteiger partial charge is 0.271 e. The van der Waals surface area contributed by atoms with Crippen LogP contribution in [-0.4, -0.2) is 19.2 Å². The molecule has 0 aliphatic rings. The van der Waals surface area contributed by atoms with Gasteiger partial charge in [-0.15, -0.1) is 0 Å². The zero-order chi connectivity index (χ0) is 20.6. The topological polar surface area (TPSA) is 59.9 Å². The molecular weight excluding hydrogens is 439 g/mol. The number of rotatable bonds is 7. The average Bonchev–Trinajstić information content (AvgIpc) is 2.74. The fourth-order valence-corrected chi connectivity index (χ4v) is 2.72. The number of carbonyl (C=O) groups excluding carboxylic acids is 1. The molecule has 0 saturated heterocycles. The minimum absolute atomic E-state index is 0.317. The van der Waals surface area contributed by atoms with Crippen LogP contribution in [-0.2, 0) is 6.61 Å². The molecular formula is C22H18BrFN2O3. The van der Waals surface area contributed by atoms with Gasteiger partial charge in [-0.05, 0) is 65.7 Å². The maximum Gasteiger partial charge on any atom is 0.271 e. The first-order chi connectivity index (χ1) is 14.0. The molecule has 3 aromatic carbocycles. The lowest BCUT2D eigenvalue weighted by Crippen LogP contribution is -2.17. The van der Waals surface area contributed by atoms with Gasteiger partial charge in [0.1, 0.15) is 12.4 Å². The van der Waals surface area contributed by atoms with Crippen LogP contribution < -0.4 is 14.9 Å². The Balaban J connectivity index is 1.61. The Morgan fingerprint density at radius 2 is 1.79 bits per heavy atom. The second-order valence-electron chi connectivity index (χ2n) is 6.03. The van der Waals surface area contributed by atoms with Crippen LogP contribution in [0.5, 0.6) is 11.5 Å². The molecule has 0 unspecified atom stereocenters. The number of nitrogens with zero attached hydrogens (tertiary/aromatic N) is 1. The monoisotopic (exact) mass is 456 g/mol. The van der Waals surface area contributed by atoms with E-state index in [2.05, 4.69) is 26.5 Å². The number of carbonyl (C=O) groups is 1. The van der Waals surface area contributed by atoms with Gasteiger partial charge in [0, 0.05) is 10.0 Å². The van der Waals surface area contributed by atoms with E-state index in [1.807, 2.05) is 24.3 Å². The lowest BCUT2D eigenvalue weighted by atomic mass is 10.2. The van der Waals surface area contributed by atoms with Crippen LogP contribution in [0.3, 0.4) is 0 Å². The van der Waals surface area contributed by atoms with Crippen molar-refractivity contribution in [1.29, 1.82) is 0 Å². The zero-order valence-electron chi connectivity index (χ0n) is 15.6. The second kappa shape index (κ2) is 9.84. The van der Waals surface area contributed by atoms with Crippen molar-refractivity contribution in [3.05, 3.63) is 93.7 Å². The van der Waals surface area contributed by atoms with Crippen molar-refractivity contribution in [3.8, 4) is 11.5 Å². The van der Waals surface area contributed by atoms with Crippen LogP contribution >= 0.6 is 15.9 Å². The standard InChI is InChI=1S/C22H18BrFN2O3/c1-28-21-12-16(13-25-26-22(27)17-5-9-19(24)10-6-17)4-11-20(21)29-14-15-2-7-18(23)8-3-15/h2-13H,14H2,1H3,(H,26,27)/b25-13-. The molecule has 0 radical (unpaired) electrons. The van der Waals surface area contributed by atoms with Crippen molar-refractivity contribution in [1.82, 2.24) is 5.43 Å². The fourth-order valence-electron chi connectivity index (χ4n) is 2.46. The lowest BCUT2D eigenvalue weighted by Gasteiger charge is -2.11. The number of hydrogen-bond donors (Lipinski definition) is 1. The van der Waals surface area contributed by atoms with E-state index in [0.717, 1.165) is 15.6 Å². The molecule has 148 valence electrons. The van der Waals surface area contributed by atoms with E-state index in [9.17, 15) is 9.18 Å². The predicted octanol–water partition coefficient (Wildman–Crippen LogP) is 4.94. The summed E-state index contributed by atoms with van der Waals surface area (Å²) in [4.78, 5) is 12.0. The molecule has 0 saturated carbocycles. The quantitative estimate of drug-likeness (QED) is 0.404. The molecule has 29 heavy (non-hydrogen) atoms. The van der Waals surface area contributed by atoms with Gasteiger partial charge in [-0.3, -0.25) is 4.79 Å². The van der Waals surface area contributed by atoms with E-state index in [0.29, 0.717) is 23.7 Å². The summed E-state index contributed by atoms with van der Waals surface area (Å²) in [7, 11) is 1.55. The molecule has 0 aliphatic carbocycles. The first-order valence-electron chi connectivity index (χ1n) is 8.69. The van der Waals surface area contributed by atoms with Crippen molar-refractivity contribution in [2.45, 2.75) is 6.61 Å². The zero-order valence-corrected chi connectivity index (χ0v) is 17.1. The third kappa shape index (κ3) is 5.89. The number of hydrogen-bond acceptors (Lipinski definition) is 4. The minimum atomic E-state index is -0.428. The molecule has 0 heterocycles. The fraction of sp³-hybridized carbons (Fsp3) is 0.0909. The van der Waals surface area contributed by atoms with Gasteiger partial charge in [0.15, 0.2) is 11.5 Å². The molecule has 0 bridgehead atoms.